The standard InChI is InChI=1S/C17H15F5N2O2S/c18-13-12(14(19)16(21)17(22)15(13)20)10-23-6-8-24(9-7-23)27(25,26)11-4-2-1-3-5-11/h1-5H,6-10H2/p+1. The van der Waals surface area contributed by atoms with Crippen molar-refractivity contribution in [1.82, 2.24) is 4.31 Å². The molecule has 10 heteroatoms. The second kappa shape index (κ2) is 7.53. The van der Waals surface area contributed by atoms with Gasteiger partial charge in [0.2, 0.25) is 15.8 Å². The molecular weight excluding hydrogens is 391 g/mol. The van der Waals surface area contributed by atoms with Crippen LogP contribution in [0.4, 0.5) is 22.0 Å². The number of benzene rings is 2. The number of piperazine rings is 1. The van der Waals surface area contributed by atoms with E-state index in [2.05, 4.69) is 0 Å². The van der Waals surface area contributed by atoms with Crippen LogP contribution in [0.2, 0.25) is 0 Å². The molecule has 0 bridgehead atoms. The Kier molecular flexibility index (Phi) is 5.50. The first-order valence-electron chi connectivity index (χ1n) is 8.12. The highest BCUT2D eigenvalue weighted by Crippen LogP contribution is 2.22. The molecule has 2 aromatic carbocycles. The number of nitrogens with zero attached hydrogens (tertiary/aromatic N) is 1. The molecule has 0 unspecified atom stereocenters. The lowest BCUT2D eigenvalue weighted by molar-refractivity contribution is -0.917. The van der Waals surface area contributed by atoms with Gasteiger partial charge in [0.05, 0.1) is 36.6 Å². The molecule has 2 aromatic rings. The summed E-state index contributed by atoms with van der Waals surface area (Å²) in [7, 11) is -3.69. The molecule has 0 spiro atoms. The summed E-state index contributed by atoms with van der Waals surface area (Å²) in [4.78, 5) is 0.658. The van der Waals surface area contributed by atoms with Gasteiger partial charge in [0.25, 0.3) is 0 Å². The third kappa shape index (κ3) is 3.69. The van der Waals surface area contributed by atoms with Gasteiger partial charge >= 0.3 is 0 Å². The first kappa shape index (κ1) is 19.7. The smallest absolute Gasteiger partial charge is 0.243 e. The molecular formula is C17H16F5N2O2S+. The van der Waals surface area contributed by atoms with E-state index in [9.17, 15) is 30.4 Å². The normalized spacial score (nSPS) is 16.6. The highest BCUT2D eigenvalue weighted by molar-refractivity contribution is 7.89. The van der Waals surface area contributed by atoms with Gasteiger partial charge in [-0.3, -0.25) is 0 Å². The van der Waals surface area contributed by atoms with Crippen LogP contribution < -0.4 is 4.90 Å². The highest BCUT2D eigenvalue weighted by Gasteiger charge is 2.33. The van der Waals surface area contributed by atoms with Crippen molar-refractivity contribution in [3.05, 3.63) is 65.0 Å². The topological polar surface area (TPSA) is 41.8 Å². The predicted octanol–water partition coefficient (Wildman–Crippen LogP) is 1.47. The summed E-state index contributed by atoms with van der Waals surface area (Å²) >= 11 is 0. The second-order valence-corrected chi connectivity index (χ2v) is 8.13. The molecule has 0 amide bonds. The van der Waals surface area contributed by atoms with E-state index in [0.717, 1.165) is 0 Å². The van der Waals surface area contributed by atoms with Gasteiger partial charge in [0.15, 0.2) is 23.3 Å². The molecule has 3 rings (SSSR count). The van der Waals surface area contributed by atoms with Crippen molar-refractivity contribution in [3.63, 3.8) is 0 Å². The van der Waals surface area contributed by atoms with Gasteiger partial charge in [-0.1, -0.05) is 18.2 Å². The average molecular weight is 407 g/mol. The lowest BCUT2D eigenvalue weighted by Crippen LogP contribution is -3.13. The molecule has 0 aliphatic carbocycles. The van der Waals surface area contributed by atoms with Crippen LogP contribution in [0.5, 0.6) is 0 Å². The molecule has 1 aliphatic heterocycles. The van der Waals surface area contributed by atoms with E-state index in [-0.39, 0.29) is 31.1 Å². The van der Waals surface area contributed by atoms with Crippen molar-refractivity contribution in [2.24, 2.45) is 0 Å². The Morgan fingerprint density at radius 3 is 1.81 bits per heavy atom. The van der Waals surface area contributed by atoms with Gasteiger partial charge in [-0.25, -0.2) is 30.4 Å². The minimum absolute atomic E-state index is 0.0714. The molecule has 1 heterocycles. The van der Waals surface area contributed by atoms with Crippen molar-refractivity contribution in [1.29, 1.82) is 0 Å². The zero-order valence-corrected chi connectivity index (χ0v) is 14.8. The van der Waals surface area contributed by atoms with Crippen LogP contribution in [0.3, 0.4) is 0 Å². The Morgan fingerprint density at radius 2 is 1.30 bits per heavy atom. The van der Waals surface area contributed by atoms with E-state index in [1.165, 1.54) is 16.4 Å². The van der Waals surface area contributed by atoms with E-state index in [0.29, 0.717) is 4.90 Å². The largest absolute Gasteiger partial charge is 0.329 e. The third-order valence-electron chi connectivity index (χ3n) is 4.54. The van der Waals surface area contributed by atoms with Crippen molar-refractivity contribution in [2.75, 3.05) is 26.2 Å². The molecule has 0 atom stereocenters. The van der Waals surface area contributed by atoms with Gasteiger partial charge in [-0.15, -0.1) is 0 Å². The van der Waals surface area contributed by atoms with Crippen LogP contribution in [0.15, 0.2) is 35.2 Å². The lowest BCUT2D eigenvalue weighted by atomic mass is 10.1. The Morgan fingerprint density at radius 1 is 0.815 bits per heavy atom. The summed E-state index contributed by atoms with van der Waals surface area (Å²) in [5.74, 6) is -9.85. The minimum atomic E-state index is -3.69. The molecule has 27 heavy (non-hydrogen) atoms. The molecule has 4 nitrogen and oxygen atoms in total. The molecule has 0 radical (unpaired) electrons. The maximum atomic E-state index is 13.8. The Bertz CT molecular complexity index is 917. The zero-order chi connectivity index (χ0) is 19.8. The second-order valence-electron chi connectivity index (χ2n) is 6.19. The van der Waals surface area contributed by atoms with Crippen molar-refractivity contribution < 1.29 is 35.3 Å². The fourth-order valence-corrected chi connectivity index (χ4v) is 4.48. The average Bonchev–Trinajstić information content (AvgIpc) is 2.69. The molecule has 1 saturated heterocycles. The Hall–Kier alpha value is -2.04. The summed E-state index contributed by atoms with van der Waals surface area (Å²) < 4.78 is 93.7. The maximum absolute atomic E-state index is 13.8. The number of sulfonamides is 1. The quantitative estimate of drug-likeness (QED) is 0.474. The fraction of sp³-hybridized carbons (Fsp3) is 0.294. The molecule has 0 saturated carbocycles. The third-order valence-corrected chi connectivity index (χ3v) is 6.45. The lowest BCUT2D eigenvalue weighted by Gasteiger charge is -2.31. The molecule has 0 aromatic heterocycles. The van der Waals surface area contributed by atoms with E-state index in [1.807, 2.05) is 0 Å². The van der Waals surface area contributed by atoms with Crippen LogP contribution in [0, 0.1) is 29.1 Å². The van der Waals surface area contributed by atoms with Crippen LogP contribution >= 0.6 is 0 Å². The molecule has 1 aliphatic rings. The van der Waals surface area contributed by atoms with E-state index < -0.39 is 51.2 Å². The van der Waals surface area contributed by atoms with Gasteiger partial charge in [0.1, 0.15) is 6.54 Å². The maximum Gasteiger partial charge on any atom is 0.243 e. The van der Waals surface area contributed by atoms with Gasteiger partial charge < -0.3 is 4.90 Å². The SMILES string of the molecule is O=S(=O)(c1ccccc1)N1CC[NH+](Cc2c(F)c(F)c(F)c(F)c2F)CC1. The molecule has 1 fully saturated rings. The number of halogens is 5. The number of hydrogen-bond acceptors (Lipinski definition) is 2. The van der Waals surface area contributed by atoms with Crippen LogP contribution in [-0.2, 0) is 16.6 Å². The first-order valence-corrected chi connectivity index (χ1v) is 9.56. The predicted molar refractivity (Wildman–Crippen MR) is 85.8 cm³/mol. The van der Waals surface area contributed by atoms with E-state index in [4.69, 9.17) is 0 Å². The van der Waals surface area contributed by atoms with Crippen molar-refractivity contribution in [2.45, 2.75) is 11.4 Å². The minimum Gasteiger partial charge on any atom is -0.329 e. The summed E-state index contributed by atoms with van der Waals surface area (Å²) in [5.41, 5.74) is -0.888. The number of hydrogen-bond donors (Lipinski definition) is 1. The molecule has 146 valence electrons. The van der Waals surface area contributed by atoms with Crippen LogP contribution in [-0.4, -0.2) is 38.9 Å². The number of quaternary nitrogens is 1. The monoisotopic (exact) mass is 407 g/mol. The number of rotatable bonds is 4. The number of nitrogens with one attached hydrogen (secondary N) is 1. The summed E-state index contributed by atoms with van der Waals surface area (Å²) in [6.45, 7) is 0.0616. The van der Waals surface area contributed by atoms with Gasteiger partial charge in [0, 0.05) is 0 Å². The van der Waals surface area contributed by atoms with Gasteiger partial charge in [-0.2, -0.15) is 4.31 Å². The zero-order valence-electron chi connectivity index (χ0n) is 14.0. The first-order chi connectivity index (χ1) is 12.7. The summed E-state index contributed by atoms with van der Waals surface area (Å²) in [5, 5.41) is 0. The van der Waals surface area contributed by atoms with Crippen LogP contribution in [0.25, 0.3) is 0 Å². The Balaban J connectivity index is 1.73. The van der Waals surface area contributed by atoms with E-state index in [1.54, 1.807) is 18.2 Å². The van der Waals surface area contributed by atoms with Crippen LogP contribution in [0.1, 0.15) is 5.56 Å². The van der Waals surface area contributed by atoms with Crippen molar-refractivity contribution >= 4 is 10.0 Å². The van der Waals surface area contributed by atoms with Gasteiger partial charge in [-0.05, 0) is 12.1 Å². The van der Waals surface area contributed by atoms with Crippen molar-refractivity contribution in [3.8, 4) is 0 Å². The Labute approximate surface area is 152 Å². The fourth-order valence-electron chi connectivity index (χ4n) is 3.02. The summed E-state index contributed by atoms with van der Waals surface area (Å²) in [6.07, 6.45) is 0. The summed E-state index contributed by atoms with van der Waals surface area (Å²) in [6, 6.07) is 7.80. The highest BCUT2D eigenvalue weighted by atomic mass is 32.2. The molecule has 1 N–H and O–H groups in total. The van der Waals surface area contributed by atoms with E-state index >= 15 is 0 Å².